The van der Waals surface area contributed by atoms with Gasteiger partial charge in [0.15, 0.2) is 0 Å². The Balaban J connectivity index is 1.72. The molecule has 0 radical (unpaired) electrons. The summed E-state index contributed by atoms with van der Waals surface area (Å²) in [7, 11) is 5.00. The topological polar surface area (TPSA) is 92.4 Å². The Morgan fingerprint density at radius 2 is 1.02 bits per heavy atom. The number of nitrogens with two attached hydrogens (primary N) is 1. The van der Waals surface area contributed by atoms with Gasteiger partial charge in [0.1, 0.15) is 23.0 Å². The van der Waals surface area contributed by atoms with E-state index in [-0.39, 0.29) is 6.61 Å². The van der Waals surface area contributed by atoms with E-state index in [0.29, 0.717) is 49.8 Å². The molecule has 0 spiro atoms. The molecule has 0 amide bonds. The average molecular weight is 558 g/mol. The second-order valence-electron chi connectivity index (χ2n) is 10.0. The van der Waals surface area contributed by atoms with Crippen molar-refractivity contribution in [3.8, 4) is 23.0 Å². The number of aliphatic hydroxyl groups excluding tert-OH is 1. The molecule has 0 unspecified atom stereocenters. The predicted octanol–water partition coefficient (Wildman–Crippen LogP) is 6.73. The standard InChI is InChI=1S/C34H39NO6/c1-23-5-9-31(10-6-23)40-33-26(13-14-36)16-24(17-27(33)20-37-2)15-25-18-28(21-38-3)34(29(19-25)22-39-4)41-32-11-7-30(35)8-12-32/h5-12,16-19,36H,13-15,20-22,35H2,1-4H3. The van der Waals surface area contributed by atoms with E-state index in [4.69, 9.17) is 29.4 Å². The monoisotopic (exact) mass is 557 g/mol. The van der Waals surface area contributed by atoms with Gasteiger partial charge < -0.3 is 34.5 Å². The van der Waals surface area contributed by atoms with Crippen molar-refractivity contribution in [1.82, 2.24) is 0 Å². The summed E-state index contributed by atoms with van der Waals surface area (Å²) in [5.74, 6) is 2.86. The highest BCUT2D eigenvalue weighted by molar-refractivity contribution is 5.52. The maximum atomic E-state index is 9.87. The van der Waals surface area contributed by atoms with E-state index in [0.717, 1.165) is 50.4 Å². The molecule has 0 saturated carbocycles. The first-order valence-corrected chi connectivity index (χ1v) is 13.6. The van der Waals surface area contributed by atoms with Crippen LogP contribution >= 0.6 is 0 Å². The zero-order valence-corrected chi connectivity index (χ0v) is 24.2. The largest absolute Gasteiger partial charge is 0.457 e. The lowest BCUT2D eigenvalue weighted by molar-refractivity contribution is 0.175. The summed E-state index contributed by atoms with van der Waals surface area (Å²) >= 11 is 0. The summed E-state index contributed by atoms with van der Waals surface area (Å²) in [5, 5.41) is 9.87. The molecule has 4 aromatic rings. The van der Waals surface area contributed by atoms with Crippen LogP contribution in [0, 0.1) is 6.92 Å². The lowest BCUT2D eigenvalue weighted by Crippen LogP contribution is -2.05. The molecule has 0 fully saturated rings. The smallest absolute Gasteiger partial charge is 0.138 e. The highest BCUT2D eigenvalue weighted by Crippen LogP contribution is 2.35. The minimum absolute atomic E-state index is 0.00722. The molecule has 0 saturated heterocycles. The second kappa shape index (κ2) is 14.7. The molecule has 0 heterocycles. The van der Waals surface area contributed by atoms with Gasteiger partial charge >= 0.3 is 0 Å². The van der Waals surface area contributed by atoms with E-state index in [2.05, 4.69) is 24.3 Å². The van der Waals surface area contributed by atoms with Gasteiger partial charge in [-0.15, -0.1) is 0 Å². The zero-order valence-electron chi connectivity index (χ0n) is 24.2. The van der Waals surface area contributed by atoms with Gasteiger partial charge in [-0.1, -0.05) is 23.8 Å². The fraction of sp³-hybridized carbons (Fsp3) is 0.294. The summed E-state index contributed by atoms with van der Waals surface area (Å²) in [6.45, 7) is 3.18. The van der Waals surface area contributed by atoms with Crippen molar-refractivity contribution in [3.05, 3.63) is 112 Å². The number of benzene rings is 4. The quantitative estimate of drug-likeness (QED) is 0.166. The lowest BCUT2D eigenvalue weighted by Gasteiger charge is -2.19. The lowest BCUT2D eigenvalue weighted by atomic mass is 9.95. The summed E-state index contributed by atoms with van der Waals surface area (Å²) in [4.78, 5) is 0. The number of anilines is 1. The highest BCUT2D eigenvalue weighted by atomic mass is 16.5. The van der Waals surface area contributed by atoms with Crippen LogP contribution in [0.15, 0.2) is 72.8 Å². The van der Waals surface area contributed by atoms with Crippen molar-refractivity contribution >= 4 is 5.69 Å². The van der Waals surface area contributed by atoms with Gasteiger partial charge in [-0.3, -0.25) is 0 Å². The van der Waals surface area contributed by atoms with E-state index in [1.807, 2.05) is 55.5 Å². The SMILES string of the molecule is COCc1cc(Cc2cc(COC)c(Oc3ccc(N)cc3)c(COC)c2)cc(CCO)c1Oc1ccc(C)cc1. The summed E-state index contributed by atoms with van der Waals surface area (Å²) in [6.07, 6.45) is 1.11. The van der Waals surface area contributed by atoms with Crippen molar-refractivity contribution in [1.29, 1.82) is 0 Å². The first kappa shape index (κ1) is 30.1. The Morgan fingerprint density at radius 1 is 0.610 bits per heavy atom. The van der Waals surface area contributed by atoms with Gasteiger partial charge in [-0.2, -0.15) is 0 Å². The molecule has 0 aliphatic carbocycles. The van der Waals surface area contributed by atoms with E-state index in [1.165, 1.54) is 0 Å². The fourth-order valence-electron chi connectivity index (χ4n) is 4.83. The molecule has 7 heteroatoms. The molecule has 0 aliphatic heterocycles. The van der Waals surface area contributed by atoms with E-state index in [9.17, 15) is 5.11 Å². The van der Waals surface area contributed by atoms with Crippen molar-refractivity contribution in [2.45, 2.75) is 39.6 Å². The van der Waals surface area contributed by atoms with Crippen LogP contribution in [0.4, 0.5) is 5.69 Å². The fourth-order valence-corrected chi connectivity index (χ4v) is 4.83. The normalized spacial score (nSPS) is 11.0. The van der Waals surface area contributed by atoms with Crippen molar-refractivity contribution in [2.75, 3.05) is 33.7 Å². The molecule has 41 heavy (non-hydrogen) atoms. The third kappa shape index (κ3) is 8.08. The van der Waals surface area contributed by atoms with Crippen LogP contribution in [0.2, 0.25) is 0 Å². The van der Waals surface area contributed by atoms with Gasteiger partial charge in [0.05, 0.1) is 19.8 Å². The summed E-state index contributed by atoms with van der Waals surface area (Å²) in [5.41, 5.74) is 13.5. The van der Waals surface area contributed by atoms with Gasteiger partial charge in [0.2, 0.25) is 0 Å². The molecular formula is C34H39NO6. The second-order valence-corrected chi connectivity index (χ2v) is 10.0. The molecule has 216 valence electrons. The third-order valence-corrected chi connectivity index (χ3v) is 6.63. The molecular weight excluding hydrogens is 518 g/mol. The zero-order chi connectivity index (χ0) is 29.2. The maximum Gasteiger partial charge on any atom is 0.138 e. The van der Waals surface area contributed by atoms with E-state index >= 15 is 0 Å². The van der Waals surface area contributed by atoms with Gasteiger partial charge in [-0.05, 0) is 91.1 Å². The van der Waals surface area contributed by atoms with E-state index in [1.54, 1.807) is 21.3 Å². The van der Waals surface area contributed by atoms with Crippen LogP contribution in [0.1, 0.15) is 38.9 Å². The molecule has 0 bridgehead atoms. The number of hydrogen-bond donors (Lipinski definition) is 2. The minimum Gasteiger partial charge on any atom is -0.457 e. The average Bonchev–Trinajstić information content (AvgIpc) is 2.95. The highest BCUT2D eigenvalue weighted by Gasteiger charge is 2.17. The van der Waals surface area contributed by atoms with Gasteiger partial charge in [-0.25, -0.2) is 0 Å². The van der Waals surface area contributed by atoms with Crippen LogP contribution in [-0.2, 0) is 46.9 Å². The molecule has 0 aromatic heterocycles. The molecule has 3 N–H and O–H groups in total. The Hall–Kier alpha value is -3.88. The van der Waals surface area contributed by atoms with Crippen LogP contribution < -0.4 is 15.2 Å². The van der Waals surface area contributed by atoms with Crippen molar-refractivity contribution in [2.24, 2.45) is 0 Å². The van der Waals surface area contributed by atoms with Gasteiger partial charge in [0.25, 0.3) is 0 Å². The van der Waals surface area contributed by atoms with E-state index < -0.39 is 0 Å². The van der Waals surface area contributed by atoms with Gasteiger partial charge in [0, 0.05) is 50.3 Å². The Kier molecular flexibility index (Phi) is 10.8. The Bertz CT molecular complexity index is 1250. The first-order chi connectivity index (χ1) is 19.9. The summed E-state index contributed by atoms with van der Waals surface area (Å²) < 4.78 is 29.3. The van der Waals surface area contributed by atoms with Crippen LogP contribution in [0.25, 0.3) is 0 Å². The minimum atomic E-state index is 0.00722. The number of rotatable bonds is 14. The molecule has 7 nitrogen and oxygen atoms in total. The first-order valence-electron chi connectivity index (χ1n) is 13.6. The van der Waals surface area contributed by atoms with Crippen LogP contribution in [0.3, 0.4) is 0 Å². The van der Waals surface area contributed by atoms with Crippen molar-refractivity contribution < 1.29 is 28.8 Å². The van der Waals surface area contributed by atoms with Crippen LogP contribution in [0.5, 0.6) is 23.0 Å². The Morgan fingerprint density at radius 3 is 1.46 bits per heavy atom. The Labute approximate surface area is 242 Å². The summed E-state index contributed by atoms with van der Waals surface area (Å²) in [6, 6.07) is 23.7. The molecule has 4 rings (SSSR count). The van der Waals surface area contributed by atoms with Crippen molar-refractivity contribution in [3.63, 3.8) is 0 Å². The number of nitrogen functional groups attached to an aromatic ring is 1. The molecule has 0 atom stereocenters. The maximum absolute atomic E-state index is 9.87. The van der Waals surface area contributed by atoms with Crippen LogP contribution in [-0.4, -0.2) is 33.0 Å². The predicted molar refractivity (Wildman–Crippen MR) is 161 cm³/mol. The molecule has 0 aliphatic rings. The molecule has 4 aromatic carbocycles. The number of hydrogen-bond acceptors (Lipinski definition) is 7. The third-order valence-electron chi connectivity index (χ3n) is 6.63. The number of aliphatic hydroxyl groups is 1. The number of ether oxygens (including phenoxy) is 5. The number of aryl methyl sites for hydroxylation is 1. The number of methoxy groups -OCH3 is 3.